The highest BCUT2D eigenvalue weighted by Gasteiger charge is 2.24. The van der Waals surface area contributed by atoms with Crippen molar-refractivity contribution in [1.82, 2.24) is 4.72 Å². The zero-order chi connectivity index (χ0) is 13.3. The Hall–Kier alpha value is 0.0900. The molecule has 102 valence electrons. The van der Waals surface area contributed by atoms with Gasteiger partial charge < -0.3 is 0 Å². The first-order valence-electron chi connectivity index (χ1n) is 6.14. The summed E-state index contributed by atoms with van der Waals surface area (Å²) in [7, 11) is -3.33. The predicted molar refractivity (Wildman–Crippen MR) is 78.4 cm³/mol. The molecule has 1 aliphatic rings. The molecule has 6 heteroatoms. The van der Waals surface area contributed by atoms with Gasteiger partial charge in [0, 0.05) is 6.54 Å². The molecular weight excluding hydrogens is 334 g/mol. The molecule has 1 fully saturated rings. The summed E-state index contributed by atoms with van der Waals surface area (Å²) in [5.74, 6) is 1.23. The smallest absolute Gasteiger partial charge is 0.210 e. The van der Waals surface area contributed by atoms with Gasteiger partial charge in [-0.15, -0.1) is 11.3 Å². The van der Waals surface area contributed by atoms with E-state index in [0.29, 0.717) is 16.7 Å². The van der Waals surface area contributed by atoms with Crippen LogP contribution in [0.2, 0.25) is 0 Å². The fourth-order valence-corrected chi connectivity index (χ4v) is 5.76. The first-order valence-corrected chi connectivity index (χ1v) is 9.23. The largest absolute Gasteiger partial charge is 0.250 e. The zero-order valence-electron chi connectivity index (χ0n) is 10.6. The molecule has 3 nitrogen and oxygen atoms in total. The molecule has 0 aromatic carbocycles. The SMILES string of the molecule is Cc1cc(S(=O)(=O)NCC2CCC(C)C2)sc1Br. The number of aryl methyl sites for hydroxylation is 1. The van der Waals surface area contributed by atoms with Crippen molar-refractivity contribution in [2.45, 2.75) is 37.3 Å². The predicted octanol–water partition coefficient (Wildman–Crippen LogP) is 3.53. The number of nitrogens with one attached hydrogen (secondary N) is 1. The molecular formula is C12H18BrNO2S2. The van der Waals surface area contributed by atoms with Crippen LogP contribution < -0.4 is 4.72 Å². The van der Waals surface area contributed by atoms with Crippen LogP contribution in [0.1, 0.15) is 31.7 Å². The van der Waals surface area contributed by atoms with Crippen molar-refractivity contribution in [3.63, 3.8) is 0 Å². The number of halogens is 1. The van der Waals surface area contributed by atoms with E-state index in [9.17, 15) is 8.42 Å². The van der Waals surface area contributed by atoms with Crippen LogP contribution in [0.4, 0.5) is 0 Å². The van der Waals surface area contributed by atoms with Gasteiger partial charge in [-0.2, -0.15) is 0 Å². The average molecular weight is 352 g/mol. The maximum Gasteiger partial charge on any atom is 0.250 e. The fourth-order valence-electron chi connectivity index (χ4n) is 2.37. The summed E-state index contributed by atoms with van der Waals surface area (Å²) in [4.78, 5) is 0. The summed E-state index contributed by atoms with van der Waals surface area (Å²) in [5, 5.41) is 0. The molecule has 0 spiro atoms. The van der Waals surface area contributed by atoms with Crippen LogP contribution in [0, 0.1) is 18.8 Å². The van der Waals surface area contributed by atoms with Gasteiger partial charge in [0.05, 0.1) is 3.79 Å². The lowest BCUT2D eigenvalue weighted by molar-refractivity contribution is 0.499. The van der Waals surface area contributed by atoms with Gasteiger partial charge >= 0.3 is 0 Å². The van der Waals surface area contributed by atoms with Crippen LogP contribution in [0.5, 0.6) is 0 Å². The number of hydrogen-bond donors (Lipinski definition) is 1. The molecule has 1 saturated carbocycles. The molecule has 1 aromatic heterocycles. The summed E-state index contributed by atoms with van der Waals surface area (Å²) in [6, 6.07) is 1.72. The Labute approximate surface area is 121 Å². The Morgan fingerprint density at radius 3 is 2.72 bits per heavy atom. The van der Waals surface area contributed by atoms with E-state index >= 15 is 0 Å². The fraction of sp³-hybridized carbons (Fsp3) is 0.667. The lowest BCUT2D eigenvalue weighted by Gasteiger charge is -2.10. The zero-order valence-corrected chi connectivity index (χ0v) is 13.8. The summed E-state index contributed by atoms with van der Waals surface area (Å²) in [6.45, 7) is 4.70. The van der Waals surface area contributed by atoms with Crippen LogP contribution in [-0.4, -0.2) is 15.0 Å². The minimum absolute atomic E-state index is 0.401. The molecule has 0 aliphatic heterocycles. The molecule has 2 unspecified atom stereocenters. The molecule has 1 aromatic rings. The highest BCUT2D eigenvalue weighted by molar-refractivity contribution is 9.11. The number of hydrogen-bond acceptors (Lipinski definition) is 3. The van der Waals surface area contributed by atoms with E-state index < -0.39 is 10.0 Å². The topological polar surface area (TPSA) is 46.2 Å². The highest BCUT2D eigenvalue weighted by Crippen LogP contribution is 2.32. The van der Waals surface area contributed by atoms with Gasteiger partial charge in [-0.3, -0.25) is 0 Å². The molecule has 1 N–H and O–H groups in total. The number of sulfonamides is 1. The quantitative estimate of drug-likeness (QED) is 0.901. The van der Waals surface area contributed by atoms with Gasteiger partial charge in [0.25, 0.3) is 0 Å². The molecule has 2 rings (SSSR count). The van der Waals surface area contributed by atoms with Crippen molar-refractivity contribution in [1.29, 1.82) is 0 Å². The molecule has 1 heterocycles. The van der Waals surface area contributed by atoms with E-state index in [1.807, 2.05) is 6.92 Å². The van der Waals surface area contributed by atoms with Crippen molar-refractivity contribution in [2.24, 2.45) is 11.8 Å². The third kappa shape index (κ3) is 3.35. The lowest BCUT2D eigenvalue weighted by Crippen LogP contribution is -2.28. The van der Waals surface area contributed by atoms with E-state index in [1.165, 1.54) is 17.8 Å². The van der Waals surface area contributed by atoms with Crippen LogP contribution in [0.3, 0.4) is 0 Å². The minimum Gasteiger partial charge on any atom is -0.210 e. The van der Waals surface area contributed by atoms with Crippen LogP contribution in [0.25, 0.3) is 0 Å². The molecule has 0 radical (unpaired) electrons. The third-order valence-electron chi connectivity index (χ3n) is 3.46. The standard InChI is InChI=1S/C12H18BrNO2S2/c1-8-3-4-10(5-8)7-14-18(15,16)11-6-9(2)12(13)17-11/h6,8,10,14H,3-5,7H2,1-2H3. The third-order valence-corrected chi connectivity index (χ3v) is 7.50. The summed E-state index contributed by atoms with van der Waals surface area (Å²) < 4.78 is 28.3. The van der Waals surface area contributed by atoms with Crippen molar-refractivity contribution in [2.75, 3.05) is 6.54 Å². The number of thiophene rings is 1. The van der Waals surface area contributed by atoms with Gasteiger partial charge in [0.15, 0.2) is 0 Å². The van der Waals surface area contributed by atoms with E-state index in [0.717, 1.165) is 28.1 Å². The van der Waals surface area contributed by atoms with Crippen LogP contribution in [-0.2, 0) is 10.0 Å². The molecule has 2 atom stereocenters. The maximum absolute atomic E-state index is 12.1. The van der Waals surface area contributed by atoms with Crippen molar-refractivity contribution >= 4 is 37.3 Å². The number of rotatable bonds is 4. The van der Waals surface area contributed by atoms with E-state index in [2.05, 4.69) is 27.6 Å². The first kappa shape index (κ1) is 14.5. The monoisotopic (exact) mass is 351 g/mol. The minimum atomic E-state index is -3.33. The van der Waals surface area contributed by atoms with Crippen LogP contribution >= 0.6 is 27.3 Å². The lowest BCUT2D eigenvalue weighted by atomic mass is 10.1. The Morgan fingerprint density at radius 1 is 1.50 bits per heavy atom. The maximum atomic E-state index is 12.1. The van der Waals surface area contributed by atoms with Gasteiger partial charge in [-0.05, 0) is 59.2 Å². The van der Waals surface area contributed by atoms with Crippen molar-refractivity contribution in [3.8, 4) is 0 Å². The first-order chi connectivity index (χ1) is 8.38. The van der Waals surface area contributed by atoms with Gasteiger partial charge in [-0.1, -0.05) is 13.3 Å². The average Bonchev–Trinajstić information content (AvgIpc) is 2.84. The van der Waals surface area contributed by atoms with Crippen molar-refractivity contribution in [3.05, 3.63) is 15.4 Å². The molecule has 18 heavy (non-hydrogen) atoms. The van der Waals surface area contributed by atoms with Crippen molar-refractivity contribution < 1.29 is 8.42 Å². The summed E-state index contributed by atoms with van der Waals surface area (Å²) in [5.41, 5.74) is 0.967. The van der Waals surface area contributed by atoms with Crippen LogP contribution in [0.15, 0.2) is 14.1 Å². The van der Waals surface area contributed by atoms with E-state index in [-0.39, 0.29) is 0 Å². The molecule has 0 bridgehead atoms. The molecule has 0 saturated heterocycles. The Kier molecular flexibility index (Phi) is 4.52. The second-order valence-electron chi connectivity index (χ2n) is 5.16. The second kappa shape index (κ2) is 5.61. The van der Waals surface area contributed by atoms with Gasteiger partial charge in [-0.25, -0.2) is 13.1 Å². The van der Waals surface area contributed by atoms with Gasteiger partial charge in [0.1, 0.15) is 4.21 Å². The van der Waals surface area contributed by atoms with E-state index in [4.69, 9.17) is 0 Å². The Bertz CT molecular complexity index is 505. The van der Waals surface area contributed by atoms with E-state index in [1.54, 1.807) is 6.07 Å². The summed E-state index contributed by atoms with van der Waals surface area (Å²) >= 11 is 4.63. The normalized spacial score (nSPS) is 24.6. The molecule has 1 aliphatic carbocycles. The summed E-state index contributed by atoms with van der Waals surface area (Å²) in [6.07, 6.45) is 3.49. The molecule has 0 amide bonds. The Balaban J connectivity index is 1.99. The second-order valence-corrected chi connectivity index (χ2v) is 9.52. The highest BCUT2D eigenvalue weighted by atomic mass is 79.9. The van der Waals surface area contributed by atoms with Gasteiger partial charge in [0.2, 0.25) is 10.0 Å². The Morgan fingerprint density at radius 2 is 2.22 bits per heavy atom.